The molecule has 0 aliphatic heterocycles. The number of nitrogen functional groups attached to an aromatic ring is 1. The molecule has 2 heterocycles. The Hall–Kier alpha value is -2.67. The van der Waals surface area contributed by atoms with Gasteiger partial charge in [-0.05, 0) is 32.0 Å². The molecule has 0 spiro atoms. The van der Waals surface area contributed by atoms with E-state index < -0.39 is 0 Å². The second-order valence-corrected chi connectivity index (χ2v) is 5.75. The number of anilines is 1. The first kappa shape index (κ1) is 16.2. The zero-order chi connectivity index (χ0) is 17.3. The van der Waals surface area contributed by atoms with Crippen LogP contribution in [0.3, 0.4) is 0 Å². The Morgan fingerprint density at radius 2 is 1.92 bits per heavy atom. The third-order valence-corrected chi connectivity index (χ3v) is 4.00. The Morgan fingerprint density at radius 3 is 2.58 bits per heavy atom. The molecule has 124 valence electrons. The van der Waals surface area contributed by atoms with Crippen LogP contribution in [0.15, 0.2) is 24.5 Å². The van der Waals surface area contributed by atoms with Crippen molar-refractivity contribution in [2.24, 2.45) is 0 Å². The number of hydrogen-bond donors (Lipinski definition) is 1. The molecule has 0 fully saturated rings. The van der Waals surface area contributed by atoms with Gasteiger partial charge in [0.25, 0.3) is 0 Å². The van der Waals surface area contributed by atoms with E-state index in [1.165, 1.54) is 6.33 Å². The van der Waals surface area contributed by atoms with Crippen LogP contribution in [-0.4, -0.2) is 31.8 Å². The average molecular weight is 345 g/mol. The van der Waals surface area contributed by atoms with E-state index in [9.17, 15) is 0 Å². The molecule has 0 atom stereocenters. The Labute approximate surface area is 144 Å². The first-order chi connectivity index (χ1) is 11.5. The van der Waals surface area contributed by atoms with Crippen molar-refractivity contribution >= 4 is 17.5 Å². The molecule has 24 heavy (non-hydrogen) atoms. The summed E-state index contributed by atoms with van der Waals surface area (Å²) in [4.78, 5) is 12.8. The average Bonchev–Trinajstić information content (AvgIpc) is 2.98. The van der Waals surface area contributed by atoms with Crippen molar-refractivity contribution in [3.63, 3.8) is 0 Å². The highest BCUT2D eigenvalue weighted by Crippen LogP contribution is 2.27. The minimum absolute atomic E-state index is 0.270. The van der Waals surface area contributed by atoms with Crippen LogP contribution in [0.25, 0.3) is 5.69 Å². The van der Waals surface area contributed by atoms with E-state index in [0.717, 1.165) is 28.5 Å². The molecule has 0 unspecified atom stereocenters. The summed E-state index contributed by atoms with van der Waals surface area (Å²) in [6.07, 6.45) is 2.02. The topological polar surface area (TPSA) is 91.7 Å². The zero-order valence-corrected chi connectivity index (χ0v) is 14.4. The number of methoxy groups -OCH3 is 1. The summed E-state index contributed by atoms with van der Waals surface area (Å²) in [6.45, 7) is 3.81. The molecule has 0 saturated heterocycles. The maximum absolute atomic E-state index is 6.12. The lowest BCUT2D eigenvalue weighted by Crippen LogP contribution is -2.10. The summed E-state index contributed by atoms with van der Waals surface area (Å²) < 4.78 is 7.11. The van der Waals surface area contributed by atoms with E-state index in [2.05, 4.69) is 20.1 Å². The normalized spacial score (nSPS) is 10.8. The van der Waals surface area contributed by atoms with Crippen molar-refractivity contribution in [3.8, 4) is 11.4 Å². The highest BCUT2D eigenvalue weighted by atomic mass is 35.5. The molecule has 0 amide bonds. The van der Waals surface area contributed by atoms with Crippen LogP contribution in [0, 0.1) is 13.8 Å². The molecule has 3 aromatic rings. The summed E-state index contributed by atoms with van der Waals surface area (Å²) in [6, 6.07) is 5.35. The lowest BCUT2D eigenvalue weighted by atomic mass is 10.1. The standard InChI is InChI=1S/C16H17ClN6O/c1-9-12(10(2)22-16(18)21-9)7-15-19-8-20-23(15)13-6-11(17)4-5-14(13)24-3/h4-6,8H,7H2,1-3H3,(H2,18,21,22). The van der Waals surface area contributed by atoms with Gasteiger partial charge in [-0.1, -0.05) is 11.6 Å². The van der Waals surface area contributed by atoms with E-state index in [0.29, 0.717) is 17.2 Å². The minimum Gasteiger partial charge on any atom is -0.494 e. The van der Waals surface area contributed by atoms with E-state index in [1.54, 1.807) is 30.0 Å². The number of rotatable bonds is 4. The Morgan fingerprint density at radius 1 is 1.21 bits per heavy atom. The lowest BCUT2D eigenvalue weighted by Gasteiger charge is -2.13. The van der Waals surface area contributed by atoms with Crippen LogP contribution in [0.4, 0.5) is 5.95 Å². The summed E-state index contributed by atoms with van der Waals surface area (Å²) in [5, 5.41) is 4.90. The van der Waals surface area contributed by atoms with E-state index in [1.807, 2.05) is 13.8 Å². The maximum atomic E-state index is 6.12. The molecule has 0 radical (unpaired) electrons. The Bertz CT molecular complexity index is 869. The van der Waals surface area contributed by atoms with Crippen molar-refractivity contribution in [2.45, 2.75) is 20.3 Å². The van der Waals surface area contributed by atoms with Gasteiger partial charge in [0, 0.05) is 28.4 Å². The number of nitrogens with zero attached hydrogens (tertiary/aromatic N) is 5. The molecule has 8 heteroatoms. The molecule has 0 saturated carbocycles. The van der Waals surface area contributed by atoms with Crippen LogP contribution >= 0.6 is 11.6 Å². The molecule has 7 nitrogen and oxygen atoms in total. The van der Waals surface area contributed by atoms with Gasteiger partial charge in [-0.3, -0.25) is 0 Å². The third-order valence-electron chi connectivity index (χ3n) is 3.76. The van der Waals surface area contributed by atoms with Crippen LogP contribution in [0.5, 0.6) is 5.75 Å². The fourth-order valence-electron chi connectivity index (χ4n) is 2.60. The predicted octanol–water partition coefficient (Wildman–Crippen LogP) is 2.51. The number of halogens is 1. The van der Waals surface area contributed by atoms with Gasteiger partial charge in [-0.2, -0.15) is 5.10 Å². The summed E-state index contributed by atoms with van der Waals surface area (Å²) in [7, 11) is 1.60. The number of ether oxygens (including phenoxy) is 1. The second kappa shape index (κ2) is 6.45. The number of benzene rings is 1. The Kier molecular flexibility index (Phi) is 4.35. The highest BCUT2D eigenvalue weighted by molar-refractivity contribution is 6.30. The van der Waals surface area contributed by atoms with Gasteiger partial charge >= 0.3 is 0 Å². The maximum Gasteiger partial charge on any atom is 0.220 e. The number of aromatic nitrogens is 5. The van der Waals surface area contributed by atoms with E-state index >= 15 is 0 Å². The third kappa shape index (κ3) is 3.03. The van der Waals surface area contributed by atoms with Crippen molar-refractivity contribution in [3.05, 3.63) is 52.3 Å². The number of hydrogen-bond acceptors (Lipinski definition) is 6. The van der Waals surface area contributed by atoms with Crippen molar-refractivity contribution < 1.29 is 4.74 Å². The van der Waals surface area contributed by atoms with Gasteiger partial charge < -0.3 is 10.5 Å². The number of nitrogens with two attached hydrogens (primary N) is 1. The van der Waals surface area contributed by atoms with Gasteiger partial charge in [0.05, 0.1) is 7.11 Å². The van der Waals surface area contributed by atoms with Crippen LogP contribution in [0.1, 0.15) is 22.8 Å². The first-order valence-electron chi connectivity index (χ1n) is 7.32. The van der Waals surface area contributed by atoms with Gasteiger partial charge in [0.15, 0.2) is 0 Å². The molecule has 1 aromatic carbocycles. The molecule has 2 N–H and O–H groups in total. The largest absolute Gasteiger partial charge is 0.494 e. The number of aryl methyl sites for hydroxylation is 2. The van der Waals surface area contributed by atoms with Gasteiger partial charge in [0.2, 0.25) is 5.95 Å². The monoisotopic (exact) mass is 344 g/mol. The van der Waals surface area contributed by atoms with Crippen LogP contribution < -0.4 is 10.5 Å². The van der Waals surface area contributed by atoms with E-state index in [-0.39, 0.29) is 5.95 Å². The molecular formula is C16H17ClN6O. The molecule has 2 aromatic heterocycles. The van der Waals surface area contributed by atoms with Crippen molar-refractivity contribution in [1.29, 1.82) is 0 Å². The molecule has 0 aliphatic rings. The van der Waals surface area contributed by atoms with Crippen LogP contribution in [0.2, 0.25) is 5.02 Å². The molecular weight excluding hydrogens is 328 g/mol. The molecule has 0 bridgehead atoms. The zero-order valence-electron chi connectivity index (χ0n) is 13.6. The van der Waals surface area contributed by atoms with Crippen LogP contribution in [-0.2, 0) is 6.42 Å². The summed E-state index contributed by atoms with van der Waals surface area (Å²) >= 11 is 6.12. The van der Waals surface area contributed by atoms with E-state index in [4.69, 9.17) is 22.1 Å². The highest BCUT2D eigenvalue weighted by Gasteiger charge is 2.16. The predicted molar refractivity (Wildman–Crippen MR) is 91.6 cm³/mol. The van der Waals surface area contributed by atoms with Crippen molar-refractivity contribution in [2.75, 3.05) is 12.8 Å². The first-order valence-corrected chi connectivity index (χ1v) is 7.69. The van der Waals surface area contributed by atoms with Crippen molar-refractivity contribution in [1.82, 2.24) is 24.7 Å². The summed E-state index contributed by atoms with van der Waals surface area (Å²) in [5.74, 6) is 1.66. The SMILES string of the molecule is COc1ccc(Cl)cc1-n1ncnc1Cc1c(C)nc(N)nc1C. The van der Waals surface area contributed by atoms with Gasteiger partial charge in [-0.25, -0.2) is 19.6 Å². The smallest absolute Gasteiger partial charge is 0.220 e. The van der Waals surface area contributed by atoms with Gasteiger partial charge in [0.1, 0.15) is 23.6 Å². The second-order valence-electron chi connectivity index (χ2n) is 5.31. The fraction of sp³-hybridized carbons (Fsp3) is 0.250. The Balaban J connectivity index is 2.05. The molecule has 3 rings (SSSR count). The quantitative estimate of drug-likeness (QED) is 0.781. The lowest BCUT2D eigenvalue weighted by molar-refractivity contribution is 0.411. The summed E-state index contributed by atoms with van der Waals surface area (Å²) in [5.41, 5.74) is 9.04. The fourth-order valence-corrected chi connectivity index (χ4v) is 2.76. The molecule has 0 aliphatic carbocycles. The van der Waals surface area contributed by atoms with Gasteiger partial charge in [-0.15, -0.1) is 0 Å². The minimum atomic E-state index is 0.270.